The molecule has 6 heteroatoms. The Kier molecular flexibility index (Phi) is 6.28. The first-order chi connectivity index (χ1) is 15.2. The topological polar surface area (TPSA) is 54.9 Å². The second kappa shape index (κ2) is 9.27. The number of ether oxygens (including phenoxy) is 2. The van der Waals surface area contributed by atoms with Gasteiger partial charge in [0.05, 0.1) is 10.6 Å². The molecule has 0 amide bonds. The van der Waals surface area contributed by atoms with Crippen LogP contribution in [0.4, 0.5) is 5.69 Å². The quantitative estimate of drug-likeness (QED) is 0.520. The Labute approximate surface area is 187 Å². The van der Waals surface area contributed by atoms with Crippen molar-refractivity contribution in [2.24, 2.45) is 4.99 Å². The van der Waals surface area contributed by atoms with E-state index in [4.69, 9.17) is 9.47 Å². The molecule has 0 fully saturated rings. The molecule has 0 bridgehead atoms. The second-order valence-electron chi connectivity index (χ2n) is 7.10. The Bertz CT molecular complexity index is 1130. The number of hydrogen-bond donors (Lipinski definition) is 2. The third-order valence-corrected chi connectivity index (χ3v) is 6.18. The number of nitrogens with one attached hydrogen (secondary N) is 2. The fraction of sp³-hybridized carbons (Fsp3) is 0.240. The zero-order valence-corrected chi connectivity index (χ0v) is 18.9. The van der Waals surface area contributed by atoms with Gasteiger partial charge in [-0.1, -0.05) is 50.3 Å². The van der Waals surface area contributed by atoms with E-state index in [0.717, 1.165) is 44.6 Å². The molecule has 2 aliphatic rings. The number of benzene rings is 2. The molecule has 2 N–H and O–H groups in total. The first-order valence-corrected chi connectivity index (χ1v) is 11.3. The number of allylic oxidation sites excluding steroid dienone is 1. The van der Waals surface area contributed by atoms with Crippen LogP contribution in [0.2, 0.25) is 0 Å². The minimum absolute atomic E-state index is 0.290. The Balaban J connectivity index is 0.00000112. The van der Waals surface area contributed by atoms with Gasteiger partial charge in [-0.2, -0.15) is 0 Å². The number of aliphatic imine (C=N–C) groups is 1. The second-order valence-corrected chi connectivity index (χ2v) is 8.15. The van der Waals surface area contributed by atoms with E-state index < -0.39 is 0 Å². The normalized spacial score (nSPS) is 13.3. The van der Waals surface area contributed by atoms with Gasteiger partial charge in [0.2, 0.25) is 6.79 Å². The van der Waals surface area contributed by atoms with E-state index in [9.17, 15) is 0 Å². The summed E-state index contributed by atoms with van der Waals surface area (Å²) < 4.78 is 10.9. The molecule has 31 heavy (non-hydrogen) atoms. The van der Waals surface area contributed by atoms with Crippen LogP contribution in [0.25, 0.3) is 16.0 Å². The first-order valence-electron chi connectivity index (χ1n) is 10.5. The summed E-state index contributed by atoms with van der Waals surface area (Å²) in [6.07, 6.45) is 0. The van der Waals surface area contributed by atoms with Crippen LogP contribution < -0.4 is 20.1 Å². The highest BCUT2D eigenvalue weighted by Gasteiger charge is 2.19. The fourth-order valence-corrected chi connectivity index (χ4v) is 4.54. The van der Waals surface area contributed by atoms with Gasteiger partial charge >= 0.3 is 0 Å². The maximum Gasteiger partial charge on any atom is 0.231 e. The molecular formula is C25H27N3O2S. The molecule has 1 aromatic heterocycles. The third kappa shape index (κ3) is 4.44. The maximum absolute atomic E-state index is 5.47. The van der Waals surface area contributed by atoms with Crippen LogP contribution in [0.1, 0.15) is 36.8 Å². The van der Waals surface area contributed by atoms with Gasteiger partial charge in [-0.25, -0.2) is 4.99 Å². The average molecular weight is 434 g/mol. The first kappa shape index (κ1) is 21.0. The standard InChI is InChI=1S/C23H21N3O2S.C2H6/c1-14(2)16-4-3-5-17(9-16)21-10-18-22(29-21)23(26-12-25-18)24-11-15-6-7-19-20(8-15)28-13-27-19;1-2/h3-10,25H,1,11-13H2,2H3,(H,24,26);1-2H3. The van der Waals surface area contributed by atoms with Crippen molar-refractivity contribution in [3.63, 3.8) is 0 Å². The Morgan fingerprint density at radius 1 is 1.13 bits per heavy atom. The van der Waals surface area contributed by atoms with Crippen molar-refractivity contribution in [1.82, 2.24) is 5.32 Å². The molecule has 5 rings (SSSR count). The van der Waals surface area contributed by atoms with Gasteiger partial charge < -0.3 is 20.1 Å². The number of hydrogen-bond acceptors (Lipinski definition) is 6. The predicted octanol–water partition coefficient (Wildman–Crippen LogP) is 6.12. The molecule has 2 aromatic carbocycles. The smallest absolute Gasteiger partial charge is 0.231 e. The van der Waals surface area contributed by atoms with Gasteiger partial charge in [-0.15, -0.1) is 11.3 Å². The van der Waals surface area contributed by atoms with Gasteiger partial charge in [0, 0.05) is 11.4 Å². The van der Waals surface area contributed by atoms with Gasteiger partial charge in [-0.05, 0) is 47.9 Å². The minimum atomic E-state index is 0.290. The van der Waals surface area contributed by atoms with Crippen LogP contribution in [-0.4, -0.2) is 19.3 Å². The molecule has 0 saturated carbocycles. The highest BCUT2D eigenvalue weighted by Crippen LogP contribution is 2.37. The zero-order chi connectivity index (χ0) is 21.8. The van der Waals surface area contributed by atoms with Gasteiger partial charge in [0.1, 0.15) is 12.5 Å². The summed E-state index contributed by atoms with van der Waals surface area (Å²) in [6.45, 7) is 11.6. The lowest BCUT2D eigenvalue weighted by atomic mass is 10.0. The van der Waals surface area contributed by atoms with Gasteiger partial charge in [-0.3, -0.25) is 0 Å². The zero-order valence-electron chi connectivity index (χ0n) is 18.1. The molecule has 5 nitrogen and oxygen atoms in total. The summed E-state index contributed by atoms with van der Waals surface area (Å²) in [6, 6.07) is 16.7. The molecular weight excluding hydrogens is 406 g/mol. The van der Waals surface area contributed by atoms with Gasteiger partial charge in [0.15, 0.2) is 11.5 Å². The highest BCUT2D eigenvalue weighted by atomic mass is 32.1. The van der Waals surface area contributed by atoms with E-state index in [2.05, 4.69) is 52.5 Å². The molecule has 0 radical (unpaired) electrons. The molecule has 0 aliphatic carbocycles. The molecule has 3 aromatic rings. The number of fused-ring (bicyclic) bond motifs is 2. The molecule has 3 heterocycles. The van der Waals surface area contributed by atoms with Gasteiger partial charge in [0.25, 0.3) is 0 Å². The maximum atomic E-state index is 5.47. The average Bonchev–Trinajstić information content (AvgIpc) is 3.46. The monoisotopic (exact) mass is 433 g/mol. The van der Waals surface area contributed by atoms with Crippen molar-refractivity contribution in [1.29, 1.82) is 0 Å². The summed E-state index contributed by atoms with van der Waals surface area (Å²) in [4.78, 5) is 6.99. The fourth-order valence-electron chi connectivity index (χ4n) is 3.43. The summed E-state index contributed by atoms with van der Waals surface area (Å²) in [7, 11) is 0. The number of amidine groups is 1. The summed E-state index contributed by atoms with van der Waals surface area (Å²) >= 11 is 1.74. The highest BCUT2D eigenvalue weighted by molar-refractivity contribution is 7.18. The summed E-state index contributed by atoms with van der Waals surface area (Å²) in [5, 5.41) is 6.87. The molecule has 0 saturated heterocycles. The largest absolute Gasteiger partial charge is 0.454 e. The van der Waals surface area contributed by atoms with Crippen molar-refractivity contribution in [3.8, 4) is 21.9 Å². The van der Waals surface area contributed by atoms with Crippen molar-refractivity contribution < 1.29 is 9.47 Å². The van der Waals surface area contributed by atoms with E-state index in [1.165, 1.54) is 10.4 Å². The third-order valence-electron chi connectivity index (χ3n) is 4.99. The van der Waals surface area contributed by atoms with Crippen molar-refractivity contribution in [2.45, 2.75) is 27.3 Å². The molecule has 160 valence electrons. The van der Waals surface area contributed by atoms with Crippen molar-refractivity contribution >= 4 is 28.4 Å². The molecule has 0 atom stereocenters. The molecule has 0 spiro atoms. The molecule has 0 unspecified atom stereocenters. The van der Waals surface area contributed by atoms with Crippen LogP contribution in [0.5, 0.6) is 11.5 Å². The summed E-state index contributed by atoms with van der Waals surface area (Å²) in [5.74, 6) is 2.52. The van der Waals surface area contributed by atoms with Crippen molar-refractivity contribution in [3.05, 3.63) is 71.1 Å². The number of rotatable bonds is 4. The Hall–Kier alpha value is -3.25. The van der Waals surface area contributed by atoms with E-state index in [1.807, 2.05) is 39.0 Å². The Morgan fingerprint density at radius 3 is 2.81 bits per heavy atom. The number of nitrogens with zero attached hydrogens (tertiary/aromatic N) is 1. The lowest BCUT2D eigenvalue weighted by molar-refractivity contribution is 0.174. The lowest BCUT2D eigenvalue weighted by Gasteiger charge is -2.16. The molecule has 2 aliphatic heterocycles. The minimum Gasteiger partial charge on any atom is -0.454 e. The van der Waals surface area contributed by atoms with E-state index in [-0.39, 0.29) is 0 Å². The number of anilines is 1. The van der Waals surface area contributed by atoms with E-state index in [1.54, 1.807) is 11.3 Å². The van der Waals surface area contributed by atoms with Crippen LogP contribution in [0.15, 0.2) is 60.1 Å². The van der Waals surface area contributed by atoms with Crippen LogP contribution in [-0.2, 0) is 6.54 Å². The Morgan fingerprint density at radius 2 is 1.97 bits per heavy atom. The number of thiophene rings is 1. The van der Waals surface area contributed by atoms with Crippen molar-refractivity contribution in [2.75, 3.05) is 18.8 Å². The van der Waals surface area contributed by atoms with Crippen LogP contribution >= 0.6 is 11.3 Å². The lowest BCUT2D eigenvalue weighted by Crippen LogP contribution is -2.27. The predicted molar refractivity (Wildman–Crippen MR) is 130 cm³/mol. The van der Waals surface area contributed by atoms with E-state index in [0.29, 0.717) is 20.0 Å². The van der Waals surface area contributed by atoms with E-state index >= 15 is 0 Å². The van der Waals surface area contributed by atoms with Crippen LogP contribution in [0.3, 0.4) is 0 Å². The van der Waals surface area contributed by atoms with Crippen LogP contribution in [0, 0.1) is 0 Å². The summed E-state index contributed by atoms with van der Waals surface area (Å²) in [5.41, 5.74) is 5.68. The SMILES string of the molecule is C=C(C)c1cccc(-c2cc3c(s2)C(NCc2ccc4c(c2)OCO4)=NCN3)c1.CC.